The van der Waals surface area contributed by atoms with Gasteiger partial charge in [-0.05, 0) is 36.4 Å². The molecule has 0 bridgehead atoms. The van der Waals surface area contributed by atoms with Gasteiger partial charge in [-0.2, -0.15) is 5.26 Å². The third-order valence-corrected chi connectivity index (χ3v) is 2.86. The number of rotatable bonds is 5. The fourth-order valence-corrected chi connectivity index (χ4v) is 1.95. The minimum absolute atomic E-state index is 0.846. The normalized spacial score (nSPS) is 8.89. The highest BCUT2D eigenvalue weighted by Crippen LogP contribution is 2.32. The number of nitriles is 1. The van der Waals surface area contributed by atoms with Crippen LogP contribution >= 0.6 is 11.8 Å². The van der Waals surface area contributed by atoms with Crippen molar-refractivity contribution in [2.75, 3.05) is 25.6 Å². The predicted octanol–water partition coefficient (Wildman–Crippen LogP) is 4.14. The minimum atomic E-state index is 0.846. The summed E-state index contributed by atoms with van der Waals surface area (Å²) in [6, 6.07) is 5.79. The third-order valence-electron chi connectivity index (χ3n) is 2.28. The first-order chi connectivity index (χ1) is 8.72. The largest absolute Gasteiger partial charge is 0.495 e. The van der Waals surface area contributed by atoms with Crippen LogP contribution in [0.25, 0.3) is 0 Å². The number of benzene rings is 1. The van der Waals surface area contributed by atoms with Gasteiger partial charge in [-0.3, -0.25) is 0 Å². The van der Waals surface area contributed by atoms with E-state index in [1.54, 1.807) is 7.11 Å². The standard InChI is InChI=1S/C12H16N2OS.C2H6/c1-4-7-14(2)11-8-10(16-9-13)5-6-12(11)15-3;1-2/h5-6,8H,4,7H2,1-3H3;1-2H3. The third kappa shape index (κ3) is 4.89. The van der Waals surface area contributed by atoms with Crippen LogP contribution in [0, 0.1) is 10.7 Å². The summed E-state index contributed by atoms with van der Waals surface area (Å²) in [6.45, 7) is 7.11. The number of nitrogens with zero attached hydrogens (tertiary/aromatic N) is 2. The topological polar surface area (TPSA) is 36.3 Å². The summed E-state index contributed by atoms with van der Waals surface area (Å²) < 4.78 is 5.31. The lowest BCUT2D eigenvalue weighted by molar-refractivity contribution is 0.414. The van der Waals surface area contributed by atoms with Gasteiger partial charge in [0, 0.05) is 18.5 Å². The van der Waals surface area contributed by atoms with Gasteiger partial charge in [-0.15, -0.1) is 0 Å². The van der Waals surface area contributed by atoms with Gasteiger partial charge < -0.3 is 9.64 Å². The molecule has 0 heterocycles. The Morgan fingerprint density at radius 3 is 2.56 bits per heavy atom. The monoisotopic (exact) mass is 266 g/mol. The highest BCUT2D eigenvalue weighted by Gasteiger charge is 2.08. The van der Waals surface area contributed by atoms with Crippen molar-refractivity contribution < 1.29 is 4.74 Å². The van der Waals surface area contributed by atoms with Gasteiger partial charge in [0.25, 0.3) is 0 Å². The van der Waals surface area contributed by atoms with Crippen LogP contribution in [0.4, 0.5) is 5.69 Å². The molecule has 0 aliphatic heterocycles. The molecule has 0 saturated heterocycles. The van der Waals surface area contributed by atoms with Crippen LogP contribution in [0.2, 0.25) is 0 Å². The van der Waals surface area contributed by atoms with E-state index in [1.165, 1.54) is 11.8 Å². The molecule has 0 amide bonds. The minimum Gasteiger partial charge on any atom is -0.495 e. The van der Waals surface area contributed by atoms with Crippen LogP contribution < -0.4 is 9.64 Å². The molecule has 1 rings (SSSR count). The molecule has 0 radical (unpaired) electrons. The van der Waals surface area contributed by atoms with Crippen LogP contribution in [0.3, 0.4) is 0 Å². The van der Waals surface area contributed by atoms with Crippen molar-refractivity contribution in [2.45, 2.75) is 32.1 Å². The number of hydrogen-bond donors (Lipinski definition) is 0. The molecular formula is C14H22N2OS. The summed E-state index contributed by atoms with van der Waals surface area (Å²) in [6.07, 6.45) is 1.08. The van der Waals surface area contributed by atoms with Crippen molar-refractivity contribution in [3.63, 3.8) is 0 Å². The molecule has 0 atom stereocenters. The molecule has 1 aromatic rings. The maximum atomic E-state index is 8.65. The van der Waals surface area contributed by atoms with Crippen LogP contribution in [0.15, 0.2) is 23.1 Å². The molecule has 0 aromatic heterocycles. The Labute approximate surface area is 115 Å². The quantitative estimate of drug-likeness (QED) is 0.593. The predicted molar refractivity (Wildman–Crippen MR) is 79.4 cm³/mol. The van der Waals surface area contributed by atoms with Crippen LogP contribution in [-0.2, 0) is 0 Å². The molecule has 0 aliphatic rings. The lowest BCUT2D eigenvalue weighted by Gasteiger charge is -2.21. The summed E-state index contributed by atoms with van der Waals surface area (Å²) >= 11 is 1.17. The van der Waals surface area contributed by atoms with Crippen molar-refractivity contribution in [3.8, 4) is 11.2 Å². The van der Waals surface area contributed by atoms with Gasteiger partial charge in [0.1, 0.15) is 11.2 Å². The first kappa shape index (κ1) is 16.7. The summed E-state index contributed by atoms with van der Waals surface area (Å²) in [7, 11) is 3.69. The Bertz CT molecular complexity index is 388. The van der Waals surface area contributed by atoms with Crippen molar-refractivity contribution in [2.24, 2.45) is 0 Å². The molecular weight excluding hydrogens is 244 g/mol. The highest BCUT2D eigenvalue weighted by molar-refractivity contribution is 8.03. The number of thioether (sulfide) groups is 1. The molecule has 100 valence electrons. The number of anilines is 1. The zero-order chi connectivity index (χ0) is 14.0. The average Bonchev–Trinajstić information content (AvgIpc) is 2.41. The van der Waals surface area contributed by atoms with Gasteiger partial charge >= 0.3 is 0 Å². The first-order valence-electron chi connectivity index (χ1n) is 6.18. The summed E-state index contributed by atoms with van der Waals surface area (Å²) in [5, 5.41) is 10.7. The number of thiocyanates is 1. The van der Waals surface area contributed by atoms with E-state index in [4.69, 9.17) is 10.00 Å². The van der Waals surface area contributed by atoms with Gasteiger partial charge in [-0.1, -0.05) is 20.8 Å². The maximum Gasteiger partial charge on any atom is 0.142 e. The SMILES string of the molecule is CC.CCCN(C)c1cc(SC#N)ccc1OC. The second-order valence-electron chi connectivity index (χ2n) is 3.45. The lowest BCUT2D eigenvalue weighted by atomic mass is 10.2. The Hall–Kier alpha value is -1.34. The van der Waals surface area contributed by atoms with E-state index in [9.17, 15) is 0 Å². The Morgan fingerprint density at radius 2 is 2.06 bits per heavy atom. The van der Waals surface area contributed by atoms with Crippen molar-refractivity contribution in [3.05, 3.63) is 18.2 Å². The van der Waals surface area contributed by atoms with E-state index >= 15 is 0 Å². The Kier molecular flexibility index (Phi) is 8.95. The summed E-state index contributed by atoms with van der Waals surface area (Å²) in [5.74, 6) is 0.846. The zero-order valence-corrected chi connectivity index (χ0v) is 12.7. The van der Waals surface area contributed by atoms with E-state index in [-0.39, 0.29) is 0 Å². The van der Waals surface area contributed by atoms with E-state index in [0.717, 1.165) is 29.3 Å². The fraction of sp³-hybridized carbons (Fsp3) is 0.500. The first-order valence-corrected chi connectivity index (χ1v) is 6.99. The Balaban J connectivity index is 0.00000137. The Morgan fingerprint density at radius 1 is 1.39 bits per heavy atom. The molecule has 3 nitrogen and oxygen atoms in total. The van der Waals surface area contributed by atoms with Crippen LogP contribution in [0.1, 0.15) is 27.2 Å². The molecule has 0 fully saturated rings. The van der Waals surface area contributed by atoms with E-state index in [0.29, 0.717) is 0 Å². The molecule has 0 spiro atoms. The molecule has 0 saturated carbocycles. The fourth-order valence-electron chi connectivity index (χ4n) is 1.54. The smallest absolute Gasteiger partial charge is 0.142 e. The molecule has 0 unspecified atom stereocenters. The van der Waals surface area contributed by atoms with Gasteiger partial charge in [0.05, 0.1) is 12.8 Å². The van der Waals surface area contributed by atoms with Crippen molar-refractivity contribution in [1.29, 1.82) is 5.26 Å². The maximum absolute atomic E-state index is 8.65. The summed E-state index contributed by atoms with van der Waals surface area (Å²) in [5.41, 5.74) is 1.03. The highest BCUT2D eigenvalue weighted by atomic mass is 32.2. The molecule has 1 aromatic carbocycles. The van der Waals surface area contributed by atoms with Crippen molar-refractivity contribution >= 4 is 17.4 Å². The molecule has 4 heteroatoms. The van der Waals surface area contributed by atoms with Gasteiger partial charge in [0.2, 0.25) is 0 Å². The van der Waals surface area contributed by atoms with Crippen molar-refractivity contribution in [1.82, 2.24) is 0 Å². The second kappa shape index (κ2) is 9.67. The summed E-state index contributed by atoms with van der Waals surface area (Å²) in [4.78, 5) is 3.08. The second-order valence-corrected chi connectivity index (χ2v) is 4.31. The molecule has 0 N–H and O–H groups in total. The molecule has 18 heavy (non-hydrogen) atoms. The van der Waals surface area contributed by atoms with Crippen LogP contribution in [0.5, 0.6) is 5.75 Å². The van der Waals surface area contributed by atoms with Gasteiger partial charge in [-0.25, -0.2) is 0 Å². The molecule has 0 aliphatic carbocycles. The number of ether oxygens (including phenoxy) is 1. The van der Waals surface area contributed by atoms with E-state index in [2.05, 4.69) is 17.2 Å². The average molecular weight is 266 g/mol. The zero-order valence-electron chi connectivity index (χ0n) is 11.9. The number of methoxy groups -OCH3 is 1. The van der Waals surface area contributed by atoms with E-state index < -0.39 is 0 Å². The van der Waals surface area contributed by atoms with Crippen LogP contribution in [-0.4, -0.2) is 20.7 Å². The van der Waals surface area contributed by atoms with Gasteiger partial charge in [0.15, 0.2) is 0 Å². The lowest BCUT2D eigenvalue weighted by Crippen LogP contribution is -2.18. The number of hydrogen-bond acceptors (Lipinski definition) is 4. The van der Waals surface area contributed by atoms with E-state index in [1.807, 2.05) is 39.1 Å².